The van der Waals surface area contributed by atoms with Gasteiger partial charge in [0.1, 0.15) is 9.71 Å². The molecule has 2 heterocycles. The molecule has 0 atom stereocenters. The lowest BCUT2D eigenvalue weighted by molar-refractivity contribution is -0.0756. The summed E-state index contributed by atoms with van der Waals surface area (Å²) in [6, 6.07) is 7.31. The summed E-state index contributed by atoms with van der Waals surface area (Å²) < 4.78 is 0. The molecule has 8 heteroatoms. The average Bonchev–Trinajstić information content (AvgIpc) is 3.29. The Kier molecular flexibility index (Phi) is 4.52. The van der Waals surface area contributed by atoms with Crippen molar-refractivity contribution in [3.63, 3.8) is 0 Å². The Morgan fingerprint density at radius 3 is 2.57 bits per heavy atom. The second kappa shape index (κ2) is 6.88. The first-order valence-electron chi connectivity index (χ1n) is 8.88. The highest BCUT2D eigenvalue weighted by Gasteiger charge is 2.26. The third kappa shape index (κ3) is 2.81. The van der Waals surface area contributed by atoms with Crippen LogP contribution < -0.4 is 11.5 Å². The van der Waals surface area contributed by atoms with Gasteiger partial charge >= 0.3 is 0 Å². The SMILES string of the molecule is CON(C)C(=O)c1ccc(-c2c3c(nc4sc(C(N)=O)c(N)c24)CCC3)cc1. The maximum atomic E-state index is 12.3. The number of anilines is 1. The van der Waals surface area contributed by atoms with Crippen LogP contribution in [-0.4, -0.2) is 36.0 Å². The largest absolute Gasteiger partial charge is 0.397 e. The normalized spacial score (nSPS) is 12.9. The number of nitrogens with two attached hydrogens (primary N) is 2. The van der Waals surface area contributed by atoms with Crippen molar-refractivity contribution in [3.05, 3.63) is 46.0 Å². The quantitative estimate of drug-likeness (QED) is 0.659. The molecule has 1 aliphatic rings. The number of nitrogens with zero attached hydrogens (tertiary/aromatic N) is 2. The Morgan fingerprint density at radius 2 is 1.93 bits per heavy atom. The number of primary amides is 1. The van der Waals surface area contributed by atoms with E-state index in [4.69, 9.17) is 21.3 Å². The van der Waals surface area contributed by atoms with Crippen LogP contribution >= 0.6 is 11.3 Å². The fraction of sp³-hybridized carbons (Fsp3) is 0.250. The summed E-state index contributed by atoms with van der Waals surface area (Å²) in [4.78, 5) is 34.8. The summed E-state index contributed by atoms with van der Waals surface area (Å²) >= 11 is 1.23. The van der Waals surface area contributed by atoms with Gasteiger partial charge in [0.15, 0.2) is 0 Å². The van der Waals surface area contributed by atoms with Crippen molar-refractivity contribution >= 4 is 39.1 Å². The number of pyridine rings is 1. The van der Waals surface area contributed by atoms with E-state index >= 15 is 0 Å². The van der Waals surface area contributed by atoms with Crippen LogP contribution in [0.25, 0.3) is 21.3 Å². The summed E-state index contributed by atoms with van der Waals surface area (Å²) in [5.74, 6) is -0.777. The molecule has 3 aromatic rings. The van der Waals surface area contributed by atoms with Gasteiger partial charge in [-0.2, -0.15) is 0 Å². The lowest BCUT2D eigenvalue weighted by Crippen LogP contribution is -2.25. The fourth-order valence-corrected chi connectivity index (χ4v) is 4.67. The maximum absolute atomic E-state index is 12.3. The highest BCUT2D eigenvalue weighted by atomic mass is 32.1. The van der Waals surface area contributed by atoms with E-state index in [1.54, 1.807) is 19.2 Å². The molecule has 0 unspecified atom stereocenters. The third-order valence-electron chi connectivity index (χ3n) is 5.11. The molecule has 1 aliphatic carbocycles. The molecular formula is C20H20N4O3S. The number of aromatic nitrogens is 1. The number of nitrogen functional groups attached to an aromatic ring is 1. The van der Waals surface area contributed by atoms with E-state index < -0.39 is 5.91 Å². The zero-order chi connectivity index (χ0) is 20.0. The van der Waals surface area contributed by atoms with E-state index in [2.05, 4.69) is 0 Å². The van der Waals surface area contributed by atoms with Crippen LogP contribution in [0.15, 0.2) is 24.3 Å². The average molecular weight is 396 g/mol. The molecule has 28 heavy (non-hydrogen) atoms. The molecular weight excluding hydrogens is 376 g/mol. The van der Waals surface area contributed by atoms with Gasteiger partial charge in [-0.05, 0) is 48.1 Å². The molecule has 0 fully saturated rings. The number of benzene rings is 1. The lowest BCUT2D eigenvalue weighted by atomic mass is 9.95. The minimum absolute atomic E-state index is 0.231. The van der Waals surface area contributed by atoms with Gasteiger partial charge in [0.2, 0.25) is 0 Å². The van der Waals surface area contributed by atoms with Gasteiger partial charge in [-0.1, -0.05) is 12.1 Å². The van der Waals surface area contributed by atoms with Crippen molar-refractivity contribution < 1.29 is 14.4 Å². The van der Waals surface area contributed by atoms with Crippen molar-refractivity contribution in [1.82, 2.24) is 10.0 Å². The fourth-order valence-electron chi connectivity index (χ4n) is 3.69. The maximum Gasteiger partial charge on any atom is 0.277 e. The lowest BCUT2D eigenvalue weighted by Gasteiger charge is -2.15. The molecule has 0 spiro atoms. The van der Waals surface area contributed by atoms with Gasteiger partial charge in [0, 0.05) is 23.7 Å². The molecule has 2 amide bonds. The summed E-state index contributed by atoms with van der Waals surface area (Å²) in [6.07, 6.45) is 2.84. The topological polar surface area (TPSA) is 112 Å². The van der Waals surface area contributed by atoms with E-state index in [0.29, 0.717) is 16.1 Å². The van der Waals surface area contributed by atoms with Gasteiger partial charge in [0.05, 0.1) is 12.8 Å². The second-order valence-electron chi connectivity index (χ2n) is 6.72. The van der Waals surface area contributed by atoms with Crippen LogP contribution in [0, 0.1) is 0 Å². The molecule has 2 aromatic heterocycles. The van der Waals surface area contributed by atoms with Crippen LogP contribution in [-0.2, 0) is 17.7 Å². The Hall–Kier alpha value is -2.97. The van der Waals surface area contributed by atoms with Crippen LogP contribution in [0.1, 0.15) is 37.7 Å². The van der Waals surface area contributed by atoms with E-state index in [-0.39, 0.29) is 5.91 Å². The Labute approximate surface area is 165 Å². The molecule has 4 N–H and O–H groups in total. The van der Waals surface area contributed by atoms with Gasteiger partial charge in [-0.3, -0.25) is 14.4 Å². The zero-order valence-corrected chi connectivity index (χ0v) is 16.4. The number of hydrogen-bond acceptors (Lipinski definition) is 6. The van der Waals surface area contributed by atoms with Crippen molar-refractivity contribution in [2.45, 2.75) is 19.3 Å². The monoisotopic (exact) mass is 396 g/mol. The van der Waals surface area contributed by atoms with Crippen LogP contribution in [0.4, 0.5) is 5.69 Å². The highest BCUT2D eigenvalue weighted by Crippen LogP contribution is 2.44. The van der Waals surface area contributed by atoms with E-state index in [1.807, 2.05) is 12.1 Å². The summed E-state index contributed by atoms with van der Waals surface area (Å²) in [6.45, 7) is 0. The molecule has 144 valence electrons. The third-order valence-corrected chi connectivity index (χ3v) is 6.22. The van der Waals surface area contributed by atoms with Crippen molar-refractivity contribution in [1.29, 1.82) is 0 Å². The second-order valence-corrected chi connectivity index (χ2v) is 7.72. The number of aryl methyl sites for hydroxylation is 1. The molecule has 0 aliphatic heterocycles. The van der Waals surface area contributed by atoms with Crippen molar-refractivity contribution in [2.75, 3.05) is 19.9 Å². The minimum atomic E-state index is -0.546. The molecule has 0 saturated carbocycles. The zero-order valence-electron chi connectivity index (χ0n) is 15.6. The predicted octanol–water partition coefficient (Wildman–Crippen LogP) is 2.77. The molecule has 4 rings (SSSR count). The number of rotatable bonds is 4. The first-order chi connectivity index (χ1) is 13.4. The number of hydrogen-bond donors (Lipinski definition) is 2. The molecule has 0 saturated heterocycles. The van der Waals surface area contributed by atoms with Crippen molar-refractivity contribution in [2.24, 2.45) is 5.73 Å². The van der Waals surface area contributed by atoms with Gasteiger partial charge < -0.3 is 11.5 Å². The number of thiophene rings is 1. The highest BCUT2D eigenvalue weighted by molar-refractivity contribution is 7.21. The van der Waals surface area contributed by atoms with Gasteiger partial charge in [0.25, 0.3) is 11.8 Å². The van der Waals surface area contributed by atoms with Crippen LogP contribution in [0.2, 0.25) is 0 Å². The Balaban J connectivity index is 1.91. The summed E-state index contributed by atoms with van der Waals surface area (Å²) in [5.41, 5.74) is 16.8. The van der Waals surface area contributed by atoms with Gasteiger partial charge in [-0.25, -0.2) is 10.0 Å². The van der Waals surface area contributed by atoms with E-state index in [0.717, 1.165) is 51.9 Å². The number of fused-ring (bicyclic) bond motifs is 2. The Bertz CT molecular complexity index is 1110. The molecule has 0 radical (unpaired) electrons. The standard InChI is InChI=1S/C20H20N4O3S/c1-24(27-2)20(26)11-8-6-10(7-9-11)14-12-4-3-5-13(12)23-19-15(14)16(21)17(28-19)18(22)25/h6-9H,3-5,21H2,1-2H3,(H2,22,25). The van der Waals surface area contributed by atoms with Gasteiger partial charge in [-0.15, -0.1) is 11.3 Å². The van der Waals surface area contributed by atoms with E-state index in [1.165, 1.54) is 23.5 Å². The Morgan fingerprint density at radius 1 is 1.21 bits per heavy atom. The van der Waals surface area contributed by atoms with E-state index in [9.17, 15) is 9.59 Å². The van der Waals surface area contributed by atoms with Crippen LogP contribution in [0.5, 0.6) is 0 Å². The number of hydroxylamine groups is 2. The first-order valence-corrected chi connectivity index (χ1v) is 9.70. The molecule has 7 nitrogen and oxygen atoms in total. The number of amides is 2. The van der Waals surface area contributed by atoms with Crippen molar-refractivity contribution in [3.8, 4) is 11.1 Å². The summed E-state index contributed by atoms with van der Waals surface area (Å²) in [7, 11) is 3.01. The predicted molar refractivity (Wildman–Crippen MR) is 109 cm³/mol. The number of carbonyl (C=O) groups is 2. The minimum Gasteiger partial charge on any atom is -0.397 e. The summed E-state index contributed by atoms with van der Waals surface area (Å²) in [5, 5.41) is 1.94. The first kappa shape index (κ1) is 18.4. The molecule has 1 aromatic carbocycles. The van der Waals surface area contributed by atoms with Crippen LogP contribution in [0.3, 0.4) is 0 Å². The smallest absolute Gasteiger partial charge is 0.277 e. The number of carbonyl (C=O) groups excluding carboxylic acids is 2. The molecule has 0 bridgehead atoms.